The van der Waals surface area contributed by atoms with Gasteiger partial charge in [-0.25, -0.2) is 0 Å². The molecule has 0 amide bonds. The zero-order valence-corrected chi connectivity index (χ0v) is 8.80. The van der Waals surface area contributed by atoms with Crippen molar-refractivity contribution in [3.05, 3.63) is 0 Å². The summed E-state index contributed by atoms with van der Waals surface area (Å²) >= 11 is 0. The second-order valence-electron chi connectivity index (χ2n) is 4.30. The summed E-state index contributed by atoms with van der Waals surface area (Å²) in [7, 11) is 0. The number of aliphatic imine (C=N–C) groups is 1. The zero-order chi connectivity index (χ0) is 12.4. The van der Waals surface area contributed by atoms with Crippen molar-refractivity contribution in [1.82, 2.24) is 0 Å². The van der Waals surface area contributed by atoms with E-state index in [0.717, 1.165) is 0 Å². The third-order valence-electron chi connectivity index (χ3n) is 2.84. The van der Waals surface area contributed by atoms with Crippen LogP contribution in [0.3, 0.4) is 0 Å². The fourth-order valence-corrected chi connectivity index (χ4v) is 2.00. The topological polar surface area (TPSA) is 84.6 Å². The molecule has 16 heavy (non-hydrogen) atoms. The first kappa shape index (κ1) is 13.1. The summed E-state index contributed by atoms with van der Waals surface area (Å²) in [6.07, 6.45) is -3.88. The van der Waals surface area contributed by atoms with E-state index in [1.54, 1.807) is 0 Å². The predicted molar refractivity (Wildman–Crippen MR) is 53.6 cm³/mol. The molecule has 0 aromatic heterocycles. The van der Waals surface area contributed by atoms with Crippen molar-refractivity contribution in [1.29, 1.82) is 0 Å². The quantitative estimate of drug-likeness (QED) is 0.491. The molecule has 4 nitrogen and oxygen atoms in total. The largest absolute Gasteiger partial charge is 0.391 e. The number of rotatable bonds is 2. The first-order valence-electron chi connectivity index (χ1n) is 5.07. The molecule has 7 heteroatoms. The standard InChI is InChI=1S/C9H16F3N3O/c10-9(11,12)6-2-1-3-8(16,4-6)5-15-7(13)14/h6,16H,1-5H2,(H4,13,14,15). The molecule has 1 fully saturated rings. The van der Waals surface area contributed by atoms with Crippen LogP contribution in [0.1, 0.15) is 25.7 Å². The second kappa shape index (κ2) is 4.48. The number of hydrogen-bond acceptors (Lipinski definition) is 2. The molecular weight excluding hydrogens is 223 g/mol. The Labute approximate surface area is 91.5 Å². The highest BCUT2D eigenvalue weighted by atomic mass is 19.4. The number of hydrogen-bond donors (Lipinski definition) is 3. The van der Waals surface area contributed by atoms with Gasteiger partial charge in [0.2, 0.25) is 0 Å². The number of nitrogens with two attached hydrogens (primary N) is 2. The number of alkyl halides is 3. The Kier molecular flexibility index (Phi) is 3.67. The zero-order valence-electron chi connectivity index (χ0n) is 8.80. The lowest BCUT2D eigenvalue weighted by molar-refractivity contribution is -0.199. The molecule has 1 aliphatic rings. The fraction of sp³-hybridized carbons (Fsp3) is 0.889. The molecule has 1 rings (SSSR count). The van der Waals surface area contributed by atoms with Crippen LogP contribution in [-0.4, -0.2) is 29.4 Å². The highest BCUT2D eigenvalue weighted by Crippen LogP contribution is 2.41. The summed E-state index contributed by atoms with van der Waals surface area (Å²) in [4.78, 5) is 3.59. The first-order chi connectivity index (χ1) is 7.23. The minimum atomic E-state index is -4.26. The van der Waals surface area contributed by atoms with Crippen LogP contribution in [0, 0.1) is 5.92 Å². The summed E-state index contributed by atoms with van der Waals surface area (Å²) in [5.41, 5.74) is 8.74. The van der Waals surface area contributed by atoms with E-state index in [2.05, 4.69) is 4.99 Å². The monoisotopic (exact) mass is 239 g/mol. The summed E-state index contributed by atoms with van der Waals surface area (Å²) in [6.45, 7) is -0.165. The average Bonchev–Trinajstić information content (AvgIpc) is 2.14. The minimum absolute atomic E-state index is 0.0631. The van der Waals surface area contributed by atoms with Gasteiger partial charge in [0.15, 0.2) is 5.96 Å². The molecule has 1 aliphatic carbocycles. The summed E-state index contributed by atoms with van der Waals surface area (Å²) in [5, 5.41) is 9.94. The maximum absolute atomic E-state index is 12.5. The Hall–Kier alpha value is -0.980. The van der Waals surface area contributed by atoms with Gasteiger partial charge in [-0.2, -0.15) is 13.2 Å². The SMILES string of the molecule is NC(N)=NCC1(O)CCCC(C(F)(F)F)C1. The van der Waals surface area contributed by atoms with Crippen LogP contribution in [0.2, 0.25) is 0 Å². The van der Waals surface area contributed by atoms with Gasteiger partial charge in [-0.3, -0.25) is 4.99 Å². The van der Waals surface area contributed by atoms with Gasteiger partial charge in [0.25, 0.3) is 0 Å². The van der Waals surface area contributed by atoms with Gasteiger partial charge in [0.1, 0.15) is 0 Å². The number of guanidine groups is 1. The minimum Gasteiger partial charge on any atom is -0.388 e. The normalized spacial score (nSPS) is 31.1. The summed E-state index contributed by atoms with van der Waals surface area (Å²) in [6, 6.07) is 0. The fourth-order valence-electron chi connectivity index (χ4n) is 2.00. The van der Waals surface area contributed by atoms with Crippen molar-refractivity contribution in [2.24, 2.45) is 22.4 Å². The molecule has 5 N–H and O–H groups in total. The van der Waals surface area contributed by atoms with E-state index in [4.69, 9.17) is 11.5 Å². The first-order valence-corrected chi connectivity index (χ1v) is 5.07. The van der Waals surface area contributed by atoms with Crippen LogP contribution >= 0.6 is 0 Å². The molecule has 0 saturated heterocycles. The third-order valence-corrected chi connectivity index (χ3v) is 2.84. The van der Waals surface area contributed by atoms with Gasteiger partial charge in [-0.1, -0.05) is 0 Å². The number of halogens is 3. The van der Waals surface area contributed by atoms with Crippen molar-refractivity contribution in [2.45, 2.75) is 37.5 Å². The Balaban J connectivity index is 2.65. The van der Waals surface area contributed by atoms with E-state index >= 15 is 0 Å². The van der Waals surface area contributed by atoms with E-state index in [1.807, 2.05) is 0 Å². The van der Waals surface area contributed by atoms with E-state index < -0.39 is 17.7 Å². The van der Waals surface area contributed by atoms with Crippen molar-refractivity contribution in [3.63, 3.8) is 0 Å². The molecule has 0 aromatic rings. The lowest BCUT2D eigenvalue weighted by Gasteiger charge is -2.36. The molecule has 0 spiro atoms. The average molecular weight is 239 g/mol. The van der Waals surface area contributed by atoms with Gasteiger partial charge in [0.05, 0.1) is 18.1 Å². The molecule has 1 saturated carbocycles. The lowest BCUT2D eigenvalue weighted by atomic mass is 9.78. The Morgan fingerprint density at radius 3 is 2.56 bits per heavy atom. The van der Waals surface area contributed by atoms with Gasteiger partial charge in [0, 0.05) is 0 Å². The second-order valence-corrected chi connectivity index (χ2v) is 4.30. The van der Waals surface area contributed by atoms with E-state index in [9.17, 15) is 18.3 Å². The van der Waals surface area contributed by atoms with Crippen molar-refractivity contribution >= 4 is 5.96 Å². The smallest absolute Gasteiger partial charge is 0.388 e. The summed E-state index contributed by atoms with van der Waals surface area (Å²) < 4.78 is 37.5. The Morgan fingerprint density at radius 1 is 1.44 bits per heavy atom. The molecule has 0 bridgehead atoms. The van der Waals surface area contributed by atoms with Gasteiger partial charge in [-0.15, -0.1) is 0 Å². The van der Waals surface area contributed by atoms with Crippen molar-refractivity contribution in [2.75, 3.05) is 6.54 Å². The maximum Gasteiger partial charge on any atom is 0.391 e. The van der Waals surface area contributed by atoms with Crippen LogP contribution in [0.5, 0.6) is 0 Å². The highest BCUT2D eigenvalue weighted by Gasteiger charge is 2.46. The van der Waals surface area contributed by atoms with Gasteiger partial charge < -0.3 is 16.6 Å². The Bertz CT molecular complexity index is 276. The van der Waals surface area contributed by atoms with Gasteiger partial charge in [-0.05, 0) is 25.7 Å². The van der Waals surface area contributed by atoms with Gasteiger partial charge >= 0.3 is 6.18 Å². The van der Waals surface area contributed by atoms with Crippen LogP contribution < -0.4 is 11.5 Å². The molecule has 0 radical (unpaired) electrons. The molecule has 0 heterocycles. The van der Waals surface area contributed by atoms with Crippen molar-refractivity contribution in [3.8, 4) is 0 Å². The molecular formula is C9H16F3N3O. The van der Waals surface area contributed by atoms with Crippen LogP contribution in [0.15, 0.2) is 4.99 Å². The molecule has 2 unspecified atom stereocenters. The number of aliphatic hydroxyl groups is 1. The Morgan fingerprint density at radius 2 is 2.06 bits per heavy atom. The van der Waals surface area contributed by atoms with E-state index in [0.29, 0.717) is 12.8 Å². The van der Waals surface area contributed by atoms with Crippen LogP contribution in [-0.2, 0) is 0 Å². The molecule has 2 atom stereocenters. The molecule has 94 valence electrons. The molecule has 0 aromatic carbocycles. The van der Waals surface area contributed by atoms with Crippen LogP contribution in [0.25, 0.3) is 0 Å². The van der Waals surface area contributed by atoms with E-state index in [-0.39, 0.29) is 25.3 Å². The molecule has 0 aliphatic heterocycles. The lowest BCUT2D eigenvalue weighted by Crippen LogP contribution is -2.43. The maximum atomic E-state index is 12.5. The van der Waals surface area contributed by atoms with Crippen LogP contribution in [0.4, 0.5) is 13.2 Å². The predicted octanol–water partition coefficient (Wildman–Crippen LogP) is 0.743. The number of nitrogens with zero attached hydrogens (tertiary/aromatic N) is 1. The van der Waals surface area contributed by atoms with E-state index in [1.165, 1.54) is 0 Å². The summed E-state index contributed by atoms with van der Waals surface area (Å²) in [5.74, 6) is -1.68. The third kappa shape index (κ3) is 3.55. The van der Waals surface area contributed by atoms with Crippen molar-refractivity contribution < 1.29 is 18.3 Å². The highest BCUT2D eigenvalue weighted by molar-refractivity contribution is 5.75.